The van der Waals surface area contributed by atoms with E-state index in [1.165, 1.54) is 61.9 Å². The van der Waals surface area contributed by atoms with Gasteiger partial charge in [-0.05, 0) is 91.3 Å². The minimum atomic E-state index is 0.234. The first-order valence-electron chi connectivity index (χ1n) is 15.4. The third-order valence-electron chi connectivity index (χ3n) is 9.50. The fraction of sp³-hybridized carbons (Fsp3) is 0.600. The van der Waals surface area contributed by atoms with Crippen LogP contribution in [0.3, 0.4) is 0 Å². The second kappa shape index (κ2) is 12.2. The molecule has 0 atom stereocenters. The maximum absolute atomic E-state index is 5.59. The zero-order chi connectivity index (χ0) is 27.7. The van der Waals surface area contributed by atoms with Crippen molar-refractivity contribution in [2.45, 2.75) is 104 Å². The second-order valence-electron chi connectivity index (χ2n) is 13.5. The van der Waals surface area contributed by atoms with Crippen molar-refractivity contribution in [1.82, 2.24) is 4.90 Å². The molecule has 0 radical (unpaired) electrons. The van der Waals surface area contributed by atoms with Crippen molar-refractivity contribution >= 4 is 10.3 Å². The molecule has 3 nitrogen and oxygen atoms in total. The third kappa shape index (κ3) is 6.23. The molecule has 7 rings (SSSR count). The van der Waals surface area contributed by atoms with Crippen LogP contribution in [0, 0.1) is 24.4 Å². The quantitative estimate of drug-likeness (QED) is 0.231. The summed E-state index contributed by atoms with van der Waals surface area (Å²) in [5, 5.41) is 0. The summed E-state index contributed by atoms with van der Waals surface area (Å²) in [6.45, 7) is 18.3. The first-order valence-corrected chi connectivity index (χ1v) is 16.4. The molecular formula is C35H49N2ORu. The Balaban J connectivity index is 0.000000217. The summed E-state index contributed by atoms with van der Waals surface area (Å²) in [5.74, 6) is 5.15. The number of para-hydroxylation sites is 2. The van der Waals surface area contributed by atoms with E-state index in [0.29, 0.717) is 17.4 Å². The fourth-order valence-electron chi connectivity index (χ4n) is 8.21. The number of nitrogens with zero attached hydrogens (tertiary/aromatic N) is 2. The van der Waals surface area contributed by atoms with E-state index in [0.717, 1.165) is 35.6 Å². The molecule has 0 aromatic heterocycles. The molecule has 1 heterocycles. The van der Waals surface area contributed by atoms with Gasteiger partial charge in [-0.25, -0.2) is 0 Å². The molecule has 2 aromatic carbocycles. The molecule has 0 N–H and O–H groups in total. The van der Waals surface area contributed by atoms with Crippen LogP contribution in [0.5, 0.6) is 5.75 Å². The molecule has 5 aliphatic rings. The van der Waals surface area contributed by atoms with Gasteiger partial charge in [0.2, 0.25) is 0 Å². The van der Waals surface area contributed by atoms with E-state index in [1.807, 2.05) is 42.7 Å². The summed E-state index contributed by atoms with van der Waals surface area (Å²) in [6.07, 6.45) is 9.22. The average Bonchev–Trinajstić information content (AvgIpc) is 3.39. The van der Waals surface area contributed by atoms with E-state index in [-0.39, 0.29) is 6.10 Å². The number of hydrogen-bond donors (Lipinski definition) is 0. The van der Waals surface area contributed by atoms with Crippen LogP contribution in [0.4, 0.5) is 5.69 Å². The van der Waals surface area contributed by atoms with Gasteiger partial charge in [-0.15, -0.1) is 0 Å². The molecule has 1 aliphatic heterocycles. The van der Waals surface area contributed by atoms with E-state index in [4.69, 9.17) is 4.74 Å². The topological polar surface area (TPSA) is 15.7 Å². The fourth-order valence-corrected chi connectivity index (χ4v) is 8.63. The van der Waals surface area contributed by atoms with E-state index in [1.54, 1.807) is 0 Å². The van der Waals surface area contributed by atoms with Crippen molar-refractivity contribution in [2.24, 2.45) is 17.8 Å². The number of benzene rings is 2. The van der Waals surface area contributed by atoms with Crippen molar-refractivity contribution < 1.29 is 22.6 Å². The van der Waals surface area contributed by atoms with Crippen molar-refractivity contribution in [1.29, 1.82) is 0 Å². The van der Waals surface area contributed by atoms with Crippen molar-refractivity contribution in [2.75, 3.05) is 18.0 Å². The molecule has 0 unspecified atom stereocenters. The van der Waals surface area contributed by atoms with Crippen LogP contribution in [0.2, 0.25) is 0 Å². The summed E-state index contributed by atoms with van der Waals surface area (Å²) in [7, 11) is 0. The Bertz CT molecular complexity index is 1080. The van der Waals surface area contributed by atoms with Gasteiger partial charge in [-0.1, -0.05) is 45.9 Å². The molecule has 4 bridgehead atoms. The van der Waals surface area contributed by atoms with Crippen molar-refractivity contribution in [3.05, 3.63) is 65.8 Å². The smallest absolute Gasteiger partial charge is 0.0152 e. The Kier molecular flexibility index (Phi) is 9.04. The molecule has 2 aromatic rings. The van der Waals surface area contributed by atoms with Crippen LogP contribution in [-0.2, 0) is 17.9 Å². The van der Waals surface area contributed by atoms with E-state index >= 15 is 0 Å². The van der Waals surface area contributed by atoms with Gasteiger partial charge in [0.25, 0.3) is 0 Å². The molecule has 0 spiro atoms. The monoisotopic (exact) mass is 615 g/mol. The van der Waals surface area contributed by atoms with Gasteiger partial charge in [0.1, 0.15) is 0 Å². The molecule has 4 aliphatic carbocycles. The number of ether oxygens (including phenoxy) is 1. The molecule has 4 heteroatoms. The Hall–Kier alpha value is -1.51. The molecule has 213 valence electrons. The van der Waals surface area contributed by atoms with Crippen LogP contribution in [0.15, 0.2) is 42.5 Å². The standard InChI is InChI=1S/C25H37N2.C10H12O.Ru/c1-17(2)22-6-5-7-23(18(3)4)24(22)26-8-9-27(16-26)25-13-19-10-20(14-25)12-21(11-19)15-25;1-8(2)11-10-7-5-4-6-9(10)3;/h5-7,16-21H,8-15H2,1-4H3;3-8H,1-2H3;/q-1;;+1. The second-order valence-corrected chi connectivity index (χ2v) is 14.0. The van der Waals surface area contributed by atoms with Crippen molar-refractivity contribution in [3.8, 4) is 5.75 Å². The zero-order valence-corrected chi connectivity index (χ0v) is 26.7. The summed E-state index contributed by atoms with van der Waals surface area (Å²) < 4.78 is 7.58. The van der Waals surface area contributed by atoms with E-state index in [9.17, 15) is 0 Å². The van der Waals surface area contributed by atoms with Gasteiger partial charge in [0, 0.05) is 12.2 Å². The molecule has 1 saturated heterocycles. The van der Waals surface area contributed by atoms with Crippen LogP contribution >= 0.6 is 0 Å². The molecule has 39 heavy (non-hydrogen) atoms. The average molecular weight is 615 g/mol. The predicted molar refractivity (Wildman–Crippen MR) is 161 cm³/mol. The summed E-state index contributed by atoms with van der Waals surface area (Å²) in [6, 6.07) is 15.0. The van der Waals surface area contributed by atoms with Gasteiger partial charge < -0.3 is 9.80 Å². The first kappa shape index (κ1) is 29.0. The largest absolute Gasteiger partial charge is 0.507 e. The van der Waals surface area contributed by atoms with Crippen LogP contribution in [0.25, 0.3) is 0 Å². The van der Waals surface area contributed by atoms with Crippen molar-refractivity contribution in [3.63, 3.8) is 0 Å². The number of hydrogen-bond acceptors (Lipinski definition) is 3. The van der Waals surface area contributed by atoms with Gasteiger partial charge in [-0.2, -0.15) is 6.67 Å². The van der Waals surface area contributed by atoms with Crippen LogP contribution in [-0.4, -0.2) is 34.2 Å². The third-order valence-corrected chi connectivity index (χ3v) is 10.0. The first-order chi connectivity index (χ1) is 18.7. The maximum Gasteiger partial charge on any atom is 0.0152 e. The zero-order valence-electron chi connectivity index (χ0n) is 25.0. The summed E-state index contributed by atoms with van der Waals surface area (Å²) >= 11 is 2.49. The maximum atomic E-state index is 5.59. The van der Waals surface area contributed by atoms with Gasteiger partial charge >= 0.3 is 82.7 Å². The summed E-state index contributed by atoms with van der Waals surface area (Å²) in [4.78, 5) is 5.42. The van der Waals surface area contributed by atoms with Crippen LogP contribution < -0.4 is 9.64 Å². The minimum Gasteiger partial charge on any atom is -0.507 e. The molecule has 0 amide bonds. The predicted octanol–water partition coefficient (Wildman–Crippen LogP) is 8.31. The van der Waals surface area contributed by atoms with Gasteiger partial charge in [0.15, 0.2) is 0 Å². The number of rotatable bonds is 7. The SMILES string of the molecule is CC(C)Oc1ccccc1[CH]=[Ru+].CC(C)c1cccc(C(C)C)c1N1[CH-]N(C23CC4CC(CC(C4)C2)C3)CC1. The van der Waals surface area contributed by atoms with E-state index in [2.05, 4.69) is 80.2 Å². The molecular weight excluding hydrogens is 565 g/mol. The Morgan fingerprint density at radius 3 is 1.90 bits per heavy atom. The Morgan fingerprint density at radius 1 is 0.821 bits per heavy atom. The van der Waals surface area contributed by atoms with E-state index < -0.39 is 0 Å². The minimum absolute atomic E-state index is 0.234. The van der Waals surface area contributed by atoms with Gasteiger partial charge in [-0.3, -0.25) is 0 Å². The number of anilines is 1. The normalized spacial score (nSPS) is 27.8. The molecule has 5 fully saturated rings. The Labute approximate surface area is 247 Å². The van der Waals surface area contributed by atoms with Gasteiger partial charge in [0.05, 0.1) is 0 Å². The van der Waals surface area contributed by atoms with Crippen LogP contribution in [0.1, 0.15) is 109 Å². The molecule has 4 saturated carbocycles. The Morgan fingerprint density at radius 2 is 1.38 bits per heavy atom. The summed E-state index contributed by atoms with van der Waals surface area (Å²) in [5.41, 5.74) is 6.17.